The smallest absolute Gasteiger partial charge is 0.191 e. The van der Waals surface area contributed by atoms with Crippen molar-refractivity contribution in [2.24, 2.45) is 12.0 Å². The van der Waals surface area contributed by atoms with Gasteiger partial charge in [0.2, 0.25) is 0 Å². The molecule has 162 valence electrons. The van der Waals surface area contributed by atoms with Crippen LogP contribution in [0.3, 0.4) is 0 Å². The fraction of sp³-hybridized carbons (Fsp3) is 0.550. The molecule has 0 aliphatic heterocycles. The summed E-state index contributed by atoms with van der Waals surface area (Å²) in [4.78, 5) is 4.61. The van der Waals surface area contributed by atoms with Gasteiger partial charge in [-0.25, -0.2) is 9.38 Å². The third kappa shape index (κ3) is 8.15. The standard InChI is InChI=1S/C20H31FN6O.HI/c1-5-7-12-22-20(24-14-19-26-25-15(3)27(19)4)23-13-16(6-2)28-18-11-9-8-10-17(18)21;/h8-11,16H,5-7,12-14H2,1-4H3,(H2,22,23,24);1H. The molecule has 0 spiro atoms. The number of unbranched alkanes of at least 4 members (excludes halogenated alkanes) is 1. The van der Waals surface area contributed by atoms with E-state index in [0.717, 1.165) is 37.5 Å². The van der Waals surface area contributed by atoms with Gasteiger partial charge in [-0.05, 0) is 31.9 Å². The average Bonchev–Trinajstić information content (AvgIpc) is 3.02. The number of guanidine groups is 1. The van der Waals surface area contributed by atoms with Gasteiger partial charge < -0.3 is 19.9 Å². The van der Waals surface area contributed by atoms with Crippen LogP contribution in [0.25, 0.3) is 0 Å². The predicted octanol–water partition coefficient (Wildman–Crippen LogP) is 3.57. The Bertz CT molecular complexity index is 767. The number of rotatable bonds is 10. The van der Waals surface area contributed by atoms with Crippen LogP contribution in [0.4, 0.5) is 4.39 Å². The summed E-state index contributed by atoms with van der Waals surface area (Å²) in [6, 6.07) is 6.46. The lowest BCUT2D eigenvalue weighted by molar-refractivity contribution is 0.191. The first kappa shape index (κ1) is 25.1. The average molecular weight is 518 g/mol. The zero-order chi connectivity index (χ0) is 20.4. The molecule has 0 amide bonds. The first-order chi connectivity index (χ1) is 13.5. The van der Waals surface area contributed by atoms with Gasteiger partial charge in [0.25, 0.3) is 0 Å². The number of aromatic nitrogens is 3. The molecule has 0 saturated heterocycles. The summed E-state index contributed by atoms with van der Waals surface area (Å²) in [5, 5.41) is 14.8. The highest BCUT2D eigenvalue weighted by atomic mass is 127. The van der Waals surface area contributed by atoms with Gasteiger partial charge in [-0.2, -0.15) is 0 Å². The predicted molar refractivity (Wildman–Crippen MR) is 124 cm³/mol. The SMILES string of the molecule is CCCCNC(=NCc1nnc(C)n1C)NCC(CC)Oc1ccccc1F.I. The van der Waals surface area contributed by atoms with Gasteiger partial charge in [0.05, 0.1) is 6.54 Å². The molecule has 1 atom stereocenters. The van der Waals surface area contributed by atoms with Crippen LogP contribution >= 0.6 is 24.0 Å². The number of ether oxygens (including phenoxy) is 1. The number of aryl methyl sites for hydroxylation is 1. The Kier molecular flexibility index (Phi) is 11.6. The molecule has 2 aromatic rings. The van der Waals surface area contributed by atoms with Crippen LogP contribution in [0.2, 0.25) is 0 Å². The number of aliphatic imine (C=N–C) groups is 1. The number of benzene rings is 1. The molecule has 29 heavy (non-hydrogen) atoms. The van der Waals surface area contributed by atoms with Crippen LogP contribution in [0.5, 0.6) is 5.75 Å². The molecule has 1 unspecified atom stereocenters. The fourth-order valence-corrected chi connectivity index (χ4v) is 2.50. The number of hydrogen-bond acceptors (Lipinski definition) is 4. The number of nitrogens with one attached hydrogen (secondary N) is 2. The lowest BCUT2D eigenvalue weighted by Crippen LogP contribution is -2.43. The molecular formula is C20H32FIN6O. The zero-order valence-electron chi connectivity index (χ0n) is 17.6. The van der Waals surface area contributed by atoms with Crippen molar-refractivity contribution in [3.05, 3.63) is 41.7 Å². The van der Waals surface area contributed by atoms with E-state index in [0.29, 0.717) is 19.0 Å². The quantitative estimate of drug-likeness (QED) is 0.218. The van der Waals surface area contributed by atoms with E-state index >= 15 is 0 Å². The molecule has 0 bridgehead atoms. The summed E-state index contributed by atoms with van der Waals surface area (Å²) in [7, 11) is 1.92. The molecule has 0 fully saturated rings. The van der Waals surface area contributed by atoms with E-state index in [-0.39, 0.29) is 41.6 Å². The molecule has 1 aromatic carbocycles. The van der Waals surface area contributed by atoms with Crippen LogP contribution in [0.15, 0.2) is 29.3 Å². The van der Waals surface area contributed by atoms with Crippen molar-refractivity contribution in [1.82, 2.24) is 25.4 Å². The minimum absolute atomic E-state index is 0. The highest BCUT2D eigenvalue weighted by Crippen LogP contribution is 2.17. The minimum atomic E-state index is -0.353. The van der Waals surface area contributed by atoms with E-state index in [2.05, 4.69) is 32.7 Å². The second kappa shape index (κ2) is 13.3. The van der Waals surface area contributed by atoms with Crippen molar-refractivity contribution < 1.29 is 9.13 Å². The van der Waals surface area contributed by atoms with Crippen LogP contribution in [-0.4, -0.2) is 39.9 Å². The van der Waals surface area contributed by atoms with Crippen LogP contribution in [0, 0.1) is 12.7 Å². The Morgan fingerprint density at radius 3 is 2.62 bits per heavy atom. The molecule has 9 heteroatoms. The van der Waals surface area contributed by atoms with Gasteiger partial charge in [-0.1, -0.05) is 32.4 Å². The molecule has 1 aromatic heterocycles. The van der Waals surface area contributed by atoms with Gasteiger partial charge in [0.1, 0.15) is 18.5 Å². The molecule has 0 radical (unpaired) electrons. The second-order valence-electron chi connectivity index (χ2n) is 6.63. The maximum atomic E-state index is 13.8. The summed E-state index contributed by atoms with van der Waals surface area (Å²) in [6.07, 6.45) is 2.71. The number of halogens is 2. The maximum absolute atomic E-state index is 13.8. The van der Waals surface area contributed by atoms with Crippen molar-refractivity contribution >= 4 is 29.9 Å². The van der Waals surface area contributed by atoms with E-state index < -0.39 is 0 Å². The van der Waals surface area contributed by atoms with Crippen molar-refractivity contribution in [3.8, 4) is 5.75 Å². The number of nitrogens with zero attached hydrogens (tertiary/aromatic N) is 4. The Balaban J connectivity index is 0.00000420. The summed E-state index contributed by atoms with van der Waals surface area (Å²) < 4.78 is 21.6. The summed E-state index contributed by atoms with van der Waals surface area (Å²) in [6.45, 7) is 7.82. The fourth-order valence-electron chi connectivity index (χ4n) is 2.50. The Morgan fingerprint density at radius 1 is 1.24 bits per heavy atom. The molecule has 2 rings (SSSR count). The third-order valence-corrected chi connectivity index (χ3v) is 4.47. The Hall–Kier alpha value is -1.91. The molecule has 0 aliphatic carbocycles. The van der Waals surface area contributed by atoms with Gasteiger partial charge in [0.15, 0.2) is 23.4 Å². The molecule has 7 nitrogen and oxygen atoms in total. The molecule has 2 N–H and O–H groups in total. The minimum Gasteiger partial charge on any atom is -0.486 e. The Labute approximate surface area is 189 Å². The van der Waals surface area contributed by atoms with Crippen molar-refractivity contribution in [3.63, 3.8) is 0 Å². The van der Waals surface area contributed by atoms with Gasteiger partial charge in [-0.15, -0.1) is 34.2 Å². The van der Waals surface area contributed by atoms with Gasteiger partial charge in [0, 0.05) is 13.6 Å². The molecule has 1 heterocycles. The van der Waals surface area contributed by atoms with Crippen molar-refractivity contribution in [2.45, 2.75) is 52.7 Å². The number of para-hydroxylation sites is 1. The van der Waals surface area contributed by atoms with Crippen molar-refractivity contribution in [1.29, 1.82) is 0 Å². The van der Waals surface area contributed by atoms with E-state index in [1.54, 1.807) is 18.2 Å². The van der Waals surface area contributed by atoms with E-state index in [9.17, 15) is 4.39 Å². The highest BCUT2D eigenvalue weighted by molar-refractivity contribution is 14.0. The van der Waals surface area contributed by atoms with E-state index in [4.69, 9.17) is 4.74 Å². The largest absolute Gasteiger partial charge is 0.486 e. The monoisotopic (exact) mass is 518 g/mol. The molecular weight excluding hydrogens is 486 g/mol. The summed E-state index contributed by atoms with van der Waals surface area (Å²) >= 11 is 0. The second-order valence-corrected chi connectivity index (χ2v) is 6.63. The zero-order valence-corrected chi connectivity index (χ0v) is 19.9. The van der Waals surface area contributed by atoms with Gasteiger partial charge in [-0.3, -0.25) is 0 Å². The topological polar surface area (TPSA) is 76.4 Å². The normalized spacial score (nSPS) is 12.2. The maximum Gasteiger partial charge on any atom is 0.191 e. The molecule has 0 aliphatic rings. The van der Waals surface area contributed by atoms with Crippen LogP contribution in [0.1, 0.15) is 44.8 Å². The lowest BCUT2D eigenvalue weighted by atomic mass is 10.2. The lowest BCUT2D eigenvalue weighted by Gasteiger charge is -2.20. The van der Waals surface area contributed by atoms with Crippen LogP contribution < -0.4 is 15.4 Å². The van der Waals surface area contributed by atoms with Gasteiger partial charge >= 0.3 is 0 Å². The number of hydrogen-bond donors (Lipinski definition) is 2. The highest BCUT2D eigenvalue weighted by Gasteiger charge is 2.12. The van der Waals surface area contributed by atoms with Crippen LogP contribution in [-0.2, 0) is 13.6 Å². The molecule has 0 saturated carbocycles. The van der Waals surface area contributed by atoms with E-state index in [1.165, 1.54) is 6.07 Å². The first-order valence-corrected chi connectivity index (χ1v) is 9.83. The van der Waals surface area contributed by atoms with E-state index in [1.807, 2.05) is 25.5 Å². The summed E-state index contributed by atoms with van der Waals surface area (Å²) in [5.74, 6) is 2.24. The third-order valence-electron chi connectivity index (χ3n) is 4.47. The Morgan fingerprint density at radius 2 is 2.00 bits per heavy atom. The summed E-state index contributed by atoms with van der Waals surface area (Å²) in [5.41, 5.74) is 0. The van der Waals surface area contributed by atoms with Crippen molar-refractivity contribution in [2.75, 3.05) is 13.1 Å². The first-order valence-electron chi connectivity index (χ1n) is 9.83.